The Bertz CT molecular complexity index is 519. The Labute approximate surface area is 114 Å². The number of aromatic nitrogens is 1. The lowest BCUT2D eigenvalue weighted by Gasteiger charge is -2.18. The summed E-state index contributed by atoms with van der Waals surface area (Å²) in [5.74, 6) is -0.184. The minimum Gasteiger partial charge on any atom is -0.317 e. The summed E-state index contributed by atoms with van der Waals surface area (Å²) in [5.41, 5.74) is 1.73. The molecule has 2 aromatic rings. The average molecular weight is 260 g/mol. The minimum absolute atomic E-state index is 0.184. The molecule has 1 heterocycles. The van der Waals surface area contributed by atoms with Gasteiger partial charge in [0.2, 0.25) is 0 Å². The molecular weight excluding hydrogens is 239 g/mol. The second kappa shape index (κ2) is 6.53. The largest absolute Gasteiger partial charge is 0.317 e. The van der Waals surface area contributed by atoms with Crippen molar-refractivity contribution in [3.05, 3.63) is 54.1 Å². The zero-order valence-electron chi connectivity index (χ0n) is 11.6. The Balaban J connectivity index is 2.16. The Kier molecular flexibility index (Phi) is 4.74. The monoisotopic (exact) mass is 260 g/mol. The topological polar surface area (TPSA) is 8.17 Å². The molecule has 0 atom stereocenters. The number of hydrogen-bond donors (Lipinski definition) is 0. The van der Waals surface area contributed by atoms with Crippen LogP contribution in [0.4, 0.5) is 4.39 Å². The molecule has 0 aliphatic rings. The molecule has 102 valence electrons. The average Bonchev–Trinajstić information content (AvgIpc) is 2.85. The van der Waals surface area contributed by atoms with E-state index in [0.717, 1.165) is 18.8 Å². The molecule has 2 nitrogen and oxygen atoms in total. The van der Waals surface area contributed by atoms with Crippen LogP contribution in [-0.2, 0) is 6.54 Å². The number of halogens is 1. The van der Waals surface area contributed by atoms with Crippen LogP contribution in [0.3, 0.4) is 0 Å². The van der Waals surface area contributed by atoms with E-state index in [1.165, 1.54) is 18.9 Å². The summed E-state index contributed by atoms with van der Waals surface area (Å²) in [6.45, 7) is 4.09. The highest BCUT2D eigenvalue weighted by Gasteiger charge is 2.09. The molecule has 1 aromatic carbocycles. The lowest BCUT2D eigenvalue weighted by atomic mass is 10.3. The van der Waals surface area contributed by atoms with Crippen molar-refractivity contribution in [2.24, 2.45) is 0 Å². The van der Waals surface area contributed by atoms with E-state index in [4.69, 9.17) is 0 Å². The summed E-state index contributed by atoms with van der Waals surface area (Å²) in [7, 11) is 2.11. The molecule has 0 bridgehead atoms. The van der Waals surface area contributed by atoms with E-state index < -0.39 is 0 Å². The van der Waals surface area contributed by atoms with Crippen molar-refractivity contribution in [3.8, 4) is 5.69 Å². The van der Waals surface area contributed by atoms with Crippen LogP contribution in [-0.4, -0.2) is 23.1 Å². The van der Waals surface area contributed by atoms with Crippen LogP contribution in [0, 0.1) is 5.82 Å². The third-order valence-electron chi connectivity index (χ3n) is 3.27. The molecule has 3 heteroatoms. The van der Waals surface area contributed by atoms with Crippen LogP contribution >= 0.6 is 0 Å². The third-order valence-corrected chi connectivity index (χ3v) is 3.27. The molecule has 0 aliphatic carbocycles. The van der Waals surface area contributed by atoms with Crippen molar-refractivity contribution in [2.75, 3.05) is 13.6 Å². The molecule has 0 aliphatic heterocycles. The normalized spacial score (nSPS) is 11.2. The van der Waals surface area contributed by atoms with E-state index in [9.17, 15) is 4.39 Å². The smallest absolute Gasteiger partial charge is 0.147 e. The van der Waals surface area contributed by atoms with E-state index >= 15 is 0 Å². The van der Waals surface area contributed by atoms with Gasteiger partial charge in [0.1, 0.15) is 5.82 Å². The van der Waals surface area contributed by atoms with Crippen molar-refractivity contribution in [1.29, 1.82) is 0 Å². The van der Waals surface area contributed by atoms with Crippen molar-refractivity contribution >= 4 is 0 Å². The van der Waals surface area contributed by atoms with Gasteiger partial charge in [0.05, 0.1) is 5.69 Å². The quantitative estimate of drug-likeness (QED) is 0.766. The predicted octanol–water partition coefficient (Wildman–Crippen LogP) is 3.85. The van der Waals surface area contributed by atoms with Crippen LogP contribution in [0.5, 0.6) is 0 Å². The summed E-state index contributed by atoms with van der Waals surface area (Å²) >= 11 is 0. The number of rotatable bonds is 6. The minimum atomic E-state index is -0.184. The van der Waals surface area contributed by atoms with Crippen LogP contribution in [0.1, 0.15) is 25.5 Å². The fraction of sp³-hybridized carbons (Fsp3) is 0.375. The Morgan fingerprint density at radius 1 is 1.16 bits per heavy atom. The number of benzene rings is 1. The van der Waals surface area contributed by atoms with Crippen LogP contribution < -0.4 is 0 Å². The summed E-state index contributed by atoms with van der Waals surface area (Å²) in [4.78, 5) is 2.27. The molecular formula is C16H21FN2. The van der Waals surface area contributed by atoms with E-state index in [0.29, 0.717) is 5.69 Å². The van der Waals surface area contributed by atoms with Crippen molar-refractivity contribution in [2.45, 2.75) is 26.3 Å². The van der Waals surface area contributed by atoms with Gasteiger partial charge in [-0.3, -0.25) is 0 Å². The lowest BCUT2D eigenvalue weighted by Crippen LogP contribution is -2.20. The van der Waals surface area contributed by atoms with Crippen molar-refractivity contribution < 1.29 is 4.39 Å². The summed E-state index contributed by atoms with van der Waals surface area (Å²) in [5, 5.41) is 0. The van der Waals surface area contributed by atoms with Gasteiger partial charge in [-0.15, -0.1) is 0 Å². The first-order valence-corrected chi connectivity index (χ1v) is 6.82. The van der Waals surface area contributed by atoms with Crippen molar-refractivity contribution in [1.82, 2.24) is 9.47 Å². The van der Waals surface area contributed by atoms with Gasteiger partial charge in [0, 0.05) is 18.4 Å². The highest BCUT2D eigenvalue weighted by atomic mass is 19.1. The molecule has 0 unspecified atom stereocenters. The predicted molar refractivity (Wildman–Crippen MR) is 77.0 cm³/mol. The first-order chi connectivity index (χ1) is 9.22. The zero-order valence-corrected chi connectivity index (χ0v) is 11.6. The van der Waals surface area contributed by atoms with Crippen LogP contribution in [0.25, 0.3) is 5.69 Å². The summed E-state index contributed by atoms with van der Waals surface area (Å²) in [6, 6.07) is 10.9. The maximum Gasteiger partial charge on any atom is 0.147 e. The molecule has 0 amide bonds. The Hall–Kier alpha value is -1.61. The van der Waals surface area contributed by atoms with Gasteiger partial charge in [-0.2, -0.15) is 0 Å². The molecule has 0 spiro atoms. The zero-order chi connectivity index (χ0) is 13.7. The van der Waals surface area contributed by atoms with Crippen LogP contribution in [0.15, 0.2) is 42.6 Å². The third kappa shape index (κ3) is 3.44. The summed E-state index contributed by atoms with van der Waals surface area (Å²) < 4.78 is 15.8. The molecule has 0 N–H and O–H groups in total. The number of hydrogen-bond acceptors (Lipinski definition) is 1. The fourth-order valence-corrected chi connectivity index (χ4v) is 2.21. The molecule has 0 saturated heterocycles. The van der Waals surface area contributed by atoms with E-state index in [1.54, 1.807) is 6.07 Å². The number of unbranched alkanes of at least 4 members (excludes halogenated alkanes) is 1. The second-order valence-corrected chi connectivity index (χ2v) is 4.91. The molecule has 2 rings (SSSR count). The van der Waals surface area contributed by atoms with Gasteiger partial charge < -0.3 is 9.47 Å². The van der Waals surface area contributed by atoms with Gasteiger partial charge >= 0.3 is 0 Å². The Morgan fingerprint density at radius 2 is 1.95 bits per heavy atom. The van der Waals surface area contributed by atoms with Gasteiger partial charge in [0.25, 0.3) is 0 Å². The summed E-state index contributed by atoms with van der Waals surface area (Å²) in [6.07, 6.45) is 4.30. The lowest BCUT2D eigenvalue weighted by molar-refractivity contribution is 0.315. The fourth-order valence-electron chi connectivity index (χ4n) is 2.21. The molecule has 0 saturated carbocycles. The highest BCUT2D eigenvalue weighted by molar-refractivity contribution is 5.36. The first-order valence-electron chi connectivity index (χ1n) is 6.82. The van der Waals surface area contributed by atoms with Gasteiger partial charge in [-0.1, -0.05) is 25.5 Å². The molecule has 19 heavy (non-hydrogen) atoms. The highest BCUT2D eigenvalue weighted by Crippen LogP contribution is 2.17. The van der Waals surface area contributed by atoms with E-state index in [1.807, 2.05) is 29.0 Å². The standard InChI is InChI=1S/C16H21FN2/c1-3-4-11-18(2)13-14-8-7-12-19(14)16-10-6-5-9-15(16)17/h5-10,12H,3-4,11,13H2,1-2H3. The number of nitrogens with zero attached hydrogens (tertiary/aromatic N) is 2. The van der Waals surface area contributed by atoms with Crippen molar-refractivity contribution in [3.63, 3.8) is 0 Å². The number of para-hydroxylation sites is 1. The maximum atomic E-state index is 13.8. The molecule has 1 aromatic heterocycles. The first kappa shape index (κ1) is 13.8. The van der Waals surface area contributed by atoms with Gasteiger partial charge in [0.15, 0.2) is 0 Å². The van der Waals surface area contributed by atoms with E-state index in [-0.39, 0.29) is 5.82 Å². The maximum absolute atomic E-state index is 13.8. The van der Waals surface area contributed by atoms with Gasteiger partial charge in [-0.25, -0.2) is 4.39 Å². The molecule has 0 fully saturated rings. The molecule has 0 radical (unpaired) electrons. The van der Waals surface area contributed by atoms with E-state index in [2.05, 4.69) is 24.9 Å². The van der Waals surface area contributed by atoms with Gasteiger partial charge in [-0.05, 0) is 44.3 Å². The van der Waals surface area contributed by atoms with Crippen LogP contribution in [0.2, 0.25) is 0 Å². The second-order valence-electron chi connectivity index (χ2n) is 4.91. The SMILES string of the molecule is CCCCN(C)Cc1cccn1-c1ccccc1F. The Morgan fingerprint density at radius 3 is 2.68 bits per heavy atom.